The van der Waals surface area contributed by atoms with E-state index in [1.54, 1.807) is 30.3 Å². The summed E-state index contributed by atoms with van der Waals surface area (Å²) in [6, 6.07) is 11.3. The molecule has 40 heavy (non-hydrogen) atoms. The molecule has 0 saturated carbocycles. The summed E-state index contributed by atoms with van der Waals surface area (Å²) in [5.74, 6) is 0.188. The van der Waals surface area contributed by atoms with Crippen LogP contribution in [0.3, 0.4) is 0 Å². The maximum atomic E-state index is 13.2. The number of unbranched alkanes of at least 4 members (excludes halogenated alkanes) is 11. The van der Waals surface area contributed by atoms with Gasteiger partial charge in [-0.3, -0.25) is 0 Å². The quantitative estimate of drug-likeness (QED) is 0.115. The van der Waals surface area contributed by atoms with Crippen molar-refractivity contribution in [1.29, 1.82) is 0 Å². The van der Waals surface area contributed by atoms with Crippen molar-refractivity contribution in [1.82, 2.24) is 0 Å². The minimum atomic E-state index is -4.88. The maximum Gasteiger partial charge on any atom is 0.573 e. The van der Waals surface area contributed by atoms with Crippen LogP contribution >= 0.6 is 0 Å². The standard InChI is InChI=1S/C33H42F3O4/c1-3-5-7-8-9-10-11-12-13-15-21-38-27-19-18-26-23-29(32(37)39-30(26)24-27)28-20-17-25(16-14-6-4-2)22-31(28)40-33(34,35)36/h17-20,22-24H,1,3-16,21H2,2H3. The van der Waals surface area contributed by atoms with E-state index in [9.17, 15) is 18.0 Å². The summed E-state index contributed by atoms with van der Waals surface area (Å²) in [5, 5.41) is 0.585. The highest BCUT2D eigenvalue weighted by Gasteiger charge is 2.33. The lowest BCUT2D eigenvalue weighted by atomic mass is 10.00. The van der Waals surface area contributed by atoms with Gasteiger partial charge in [0.1, 0.15) is 17.1 Å². The van der Waals surface area contributed by atoms with Crippen LogP contribution in [0, 0.1) is 6.92 Å². The molecule has 0 unspecified atom stereocenters. The van der Waals surface area contributed by atoms with Crippen molar-refractivity contribution in [2.24, 2.45) is 0 Å². The summed E-state index contributed by atoms with van der Waals surface area (Å²) in [7, 11) is 0. The van der Waals surface area contributed by atoms with Crippen LogP contribution in [0.1, 0.15) is 96.0 Å². The third kappa shape index (κ3) is 10.5. The third-order valence-corrected chi connectivity index (χ3v) is 7.00. The van der Waals surface area contributed by atoms with E-state index < -0.39 is 17.7 Å². The molecular formula is C33H42F3O4. The van der Waals surface area contributed by atoms with Crippen molar-refractivity contribution in [3.8, 4) is 22.6 Å². The van der Waals surface area contributed by atoms with Gasteiger partial charge in [0, 0.05) is 17.0 Å². The molecule has 1 heterocycles. The van der Waals surface area contributed by atoms with Gasteiger partial charge in [0.15, 0.2) is 0 Å². The zero-order valence-electron chi connectivity index (χ0n) is 23.6. The fourth-order valence-electron chi connectivity index (χ4n) is 4.81. The van der Waals surface area contributed by atoms with Gasteiger partial charge in [0.2, 0.25) is 0 Å². The van der Waals surface area contributed by atoms with E-state index in [4.69, 9.17) is 9.15 Å². The fraction of sp³-hybridized carbons (Fsp3) is 0.515. The number of fused-ring (bicyclic) bond motifs is 1. The lowest BCUT2D eigenvalue weighted by molar-refractivity contribution is -0.274. The molecule has 3 aromatic rings. The molecule has 0 atom stereocenters. The van der Waals surface area contributed by atoms with Gasteiger partial charge in [-0.2, -0.15) is 0 Å². The predicted octanol–water partition coefficient (Wildman–Crippen LogP) is 10.2. The predicted molar refractivity (Wildman–Crippen MR) is 155 cm³/mol. The minimum Gasteiger partial charge on any atom is -0.493 e. The molecule has 219 valence electrons. The van der Waals surface area contributed by atoms with Crippen molar-refractivity contribution in [3.05, 3.63) is 65.4 Å². The third-order valence-electron chi connectivity index (χ3n) is 7.00. The monoisotopic (exact) mass is 559 g/mol. The number of aryl methyl sites for hydroxylation is 1. The molecule has 0 aliphatic rings. The summed E-state index contributed by atoms with van der Waals surface area (Å²) < 4.78 is 55.3. The van der Waals surface area contributed by atoms with Crippen molar-refractivity contribution >= 4 is 11.0 Å². The van der Waals surface area contributed by atoms with Crippen LogP contribution in [-0.4, -0.2) is 13.0 Å². The molecule has 1 aromatic heterocycles. The molecular weight excluding hydrogens is 517 g/mol. The van der Waals surface area contributed by atoms with Crippen LogP contribution in [0.15, 0.2) is 51.7 Å². The maximum absolute atomic E-state index is 13.2. The highest BCUT2D eigenvalue weighted by Crippen LogP contribution is 2.35. The zero-order valence-corrected chi connectivity index (χ0v) is 23.6. The van der Waals surface area contributed by atoms with Gasteiger partial charge in [-0.15, -0.1) is 13.2 Å². The van der Waals surface area contributed by atoms with E-state index in [2.05, 4.69) is 18.6 Å². The summed E-state index contributed by atoms with van der Waals surface area (Å²) in [5.41, 5.74) is 0.374. The molecule has 0 amide bonds. The highest BCUT2D eigenvalue weighted by molar-refractivity contribution is 5.84. The second-order valence-electron chi connectivity index (χ2n) is 10.4. The van der Waals surface area contributed by atoms with E-state index in [1.165, 1.54) is 57.1 Å². The second kappa shape index (κ2) is 16.3. The van der Waals surface area contributed by atoms with Gasteiger partial charge < -0.3 is 13.9 Å². The van der Waals surface area contributed by atoms with Crippen molar-refractivity contribution in [2.45, 2.75) is 103 Å². The number of ether oxygens (including phenoxy) is 2. The Morgan fingerprint density at radius 3 is 2.17 bits per heavy atom. The smallest absolute Gasteiger partial charge is 0.493 e. The van der Waals surface area contributed by atoms with Gasteiger partial charge in [-0.1, -0.05) is 96.6 Å². The normalized spacial score (nSPS) is 11.7. The summed E-state index contributed by atoms with van der Waals surface area (Å²) in [6.07, 6.45) is 10.5. The van der Waals surface area contributed by atoms with E-state index in [0.29, 0.717) is 29.7 Å². The van der Waals surface area contributed by atoms with E-state index >= 15 is 0 Å². The molecule has 0 aliphatic heterocycles. The first-order valence-corrected chi connectivity index (χ1v) is 14.7. The van der Waals surface area contributed by atoms with Gasteiger partial charge in [0.05, 0.1) is 12.2 Å². The average Bonchev–Trinajstić information content (AvgIpc) is 2.91. The Labute approximate surface area is 235 Å². The Morgan fingerprint density at radius 2 is 1.50 bits per heavy atom. The van der Waals surface area contributed by atoms with Crippen molar-refractivity contribution in [2.75, 3.05) is 6.61 Å². The molecule has 4 nitrogen and oxygen atoms in total. The number of hydrogen-bond acceptors (Lipinski definition) is 4. The minimum absolute atomic E-state index is 0.0166. The van der Waals surface area contributed by atoms with Gasteiger partial charge >= 0.3 is 12.0 Å². The largest absolute Gasteiger partial charge is 0.573 e. The molecule has 2 aromatic carbocycles. The topological polar surface area (TPSA) is 48.7 Å². The fourth-order valence-corrected chi connectivity index (χ4v) is 4.81. The van der Waals surface area contributed by atoms with Gasteiger partial charge in [-0.05, 0) is 49.1 Å². The molecule has 0 saturated heterocycles. The number of rotatable bonds is 18. The molecule has 0 bridgehead atoms. The van der Waals surface area contributed by atoms with Crippen LogP contribution in [0.25, 0.3) is 22.1 Å². The summed E-state index contributed by atoms with van der Waals surface area (Å²) in [4.78, 5) is 12.9. The number of hydrogen-bond donors (Lipinski definition) is 0. The van der Waals surface area contributed by atoms with Crippen LogP contribution < -0.4 is 15.1 Å². The van der Waals surface area contributed by atoms with Gasteiger partial charge in [0.25, 0.3) is 0 Å². The Hall–Kier alpha value is -2.96. The SMILES string of the molecule is [CH2]CCCCCCCCCCCOc1ccc2cc(-c3ccc(CCCCC)cc3OC(F)(F)F)c(=O)oc2c1. The number of alkyl halides is 3. The molecule has 7 heteroatoms. The number of halogens is 3. The first kappa shape index (κ1) is 31.6. The second-order valence-corrected chi connectivity index (χ2v) is 10.4. The first-order chi connectivity index (χ1) is 19.3. The van der Waals surface area contributed by atoms with Crippen LogP contribution in [0.5, 0.6) is 11.5 Å². The molecule has 3 rings (SSSR count). The van der Waals surface area contributed by atoms with E-state index in [0.717, 1.165) is 44.1 Å². The Bertz CT molecular complexity index is 1230. The van der Waals surface area contributed by atoms with Crippen LogP contribution in [0.2, 0.25) is 0 Å². The zero-order chi connectivity index (χ0) is 28.8. The lowest BCUT2D eigenvalue weighted by Gasteiger charge is -2.15. The summed E-state index contributed by atoms with van der Waals surface area (Å²) in [6.45, 7) is 6.51. The van der Waals surface area contributed by atoms with E-state index in [1.807, 2.05) is 0 Å². The molecule has 1 radical (unpaired) electrons. The highest BCUT2D eigenvalue weighted by atomic mass is 19.4. The lowest BCUT2D eigenvalue weighted by Crippen LogP contribution is -2.18. The Kier molecular flexibility index (Phi) is 12.9. The van der Waals surface area contributed by atoms with Crippen LogP contribution in [-0.2, 0) is 6.42 Å². The Balaban J connectivity index is 1.62. The Morgan fingerprint density at radius 1 is 0.800 bits per heavy atom. The molecule has 0 N–H and O–H groups in total. The van der Waals surface area contributed by atoms with E-state index in [-0.39, 0.29) is 11.1 Å². The summed E-state index contributed by atoms with van der Waals surface area (Å²) >= 11 is 0. The van der Waals surface area contributed by atoms with Crippen LogP contribution in [0.4, 0.5) is 13.2 Å². The molecule has 0 fully saturated rings. The van der Waals surface area contributed by atoms with Crippen molar-refractivity contribution in [3.63, 3.8) is 0 Å². The first-order valence-electron chi connectivity index (χ1n) is 14.7. The van der Waals surface area contributed by atoms with Gasteiger partial charge in [-0.25, -0.2) is 4.79 Å². The molecule has 0 spiro atoms. The molecule has 0 aliphatic carbocycles. The number of benzene rings is 2. The average molecular weight is 560 g/mol. The van der Waals surface area contributed by atoms with Crippen molar-refractivity contribution < 1.29 is 27.1 Å².